The average Bonchev–Trinajstić information content (AvgIpc) is 2.63. The van der Waals surface area contributed by atoms with Crippen molar-refractivity contribution in [1.82, 2.24) is 9.88 Å². The minimum Gasteiger partial charge on any atom is -0.334 e. The van der Waals surface area contributed by atoms with Crippen molar-refractivity contribution in [3.8, 4) is 0 Å². The Bertz CT molecular complexity index is 461. The van der Waals surface area contributed by atoms with Gasteiger partial charge in [-0.25, -0.2) is 0 Å². The number of hydrogen-bond acceptors (Lipinski definition) is 2. The van der Waals surface area contributed by atoms with Gasteiger partial charge >= 0.3 is 0 Å². The molecule has 1 amide bonds. The van der Waals surface area contributed by atoms with Gasteiger partial charge in [0.25, 0.3) is 5.91 Å². The molecule has 1 aromatic rings. The molecule has 104 valence electrons. The molecule has 0 bridgehead atoms. The van der Waals surface area contributed by atoms with Crippen LogP contribution in [0.25, 0.3) is 0 Å². The van der Waals surface area contributed by atoms with Crippen LogP contribution in [-0.2, 0) is 0 Å². The molecule has 0 radical (unpaired) electrons. The lowest BCUT2D eigenvalue weighted by molar-refractivity contribution is 0.0699. The van der Waals surface area contributed by atoms with Crippen molar-refractivity contribution in [2.45, 2.75) is 45.6 Å². The maximum Gasteiger partial charge on any atom is 0.255 e. The summed E-state index contributed by atoms with van der Waals surface area (Å²) in [5, 5.41) is 0. The largest absolute Gasteiger partial charge is 0.334 e. The summed E-state index contributed by atoms with van der Waals surface area (Å²) in [6.07, 6.45) is 4.42. The van der Waals surface area contributed by atoms with Gasteiger partial charge in [-0.2, -0.15) is 0 Å². The van der Waals surface area contributed by atoms with Crippen LogP contribution in [0.1, 0.15) is 47.4 Å². The van der Waals surface area contributed by atoms with E-state index in [-0.39, 0.29) is 11.9 Å². The Morgan fingerprint density at radius 3 is 2.84 bits per heavy atom. The summed E-state index contributed by atoms with van der Waals surface area (Å²) < 4.78 is 0. The molecular weight excluding hydrogens is 260 g/mol. The fourth-order valence-corrected chi connectivity index (χ4v) is 2.99. The van der Waals surface area contributed by atoms with Crippen molar-refractivity contribution in [2.75, 3.05) is 12.4 Å². The van der Waals surface area contributed by atoms with Crippen molar-refractivity contribution >= 4 is 17.5 Å². The van der Waals surface area contributed by atoms with E-state index in [9.17, 15) is 4.79 Å². The highest BCUT2D eigenvalue weighted by atomic mass is 35.5. The van der Waals surface area contributed by atoms with E-state index >= 15 is 0 Å². The van der Waals surface area contributed by atoms with Crippen LogP contribution in [0.5, 0.6) is 0 Å². The Morgan fingerprint density at radius 2 is 2.16 bits per heavy atom. The van der Waals surface area contributed by atoms with Crippen LogP contribution in [0.3, 0.4) is 0 Å². The van der Waals surface area contributed by atoms with Gasteiger partial charge < -0.3 is 4.90 Å². The fourth-order valence-electron chi connectivity index (χ4n) is 2.67. The van der Waals surface area contributed by atoms with E-state index < -0.39 is 0 Å². The highest BCUT2D eigenvalue weighted by Gasteiger charge is 2.26. The van der Waals surface area contributed by atoms with E-state index in [1.165, 1.54) is 6.42 Å². The second kappa shape index (κ2) is 6.38. The number of carbonyl (C=O) groups is 1. The second-order valence-electron chi connectivity index (χ2n) is 5.24. The maximum absolute atomic E-state index is 12.7. The van der Waals surface area contributed by atoms with Crippen molar-refractivity contribution in [3.63, 3.8) is 0 Å². The Kier molecular flexibility index (Phi) is 4.81. The Morgan fingerprint density at radius 1 is 1.37 bits per heavy atom. The normalized spacial score (nSPS) is 20.2. The molecule has 19 heavy (non-hydrogen) atoms. The smallest absolute Gasteiger partial charge is 0.255 e. The lowest BCUT2D eigenvalue weighted by Gasteiger charge is -2.29. The average molecular weight is 281 g/mol. The molecule has 1 fully saturated rings. The highest BCUT2D eigenvalue weighted by molar-refractivity contribution is 6.18. The molecule has 1 aliphatic rings. The molecule has 2 rings (SSSR count). The number of aromatic nitrogens is 1. The molecular formula is C15H21ClN2O. The van der Waals surface area contributed by atoms with E-state index in [1.807, 2.05) is 30.9 Å². The van der Waals surface area contributed by atoms with Gasteiger partial charge in [-0.05, 0) is 38.8 Å². The summed E-state index contributed by atoms with van der Waals surface area (Å²) in [6.45, 7) is 4.64. The third-order valence-corrected chi connectivity index (χ3v) is 4.13. The van der Waals surface area contributed by atoms with Gasteiger partial charge in [-0.15, -0.1) is 11.6 Å². The predicted molar refractivity (Wildman–Crippen MR) is 77.7 cm³/mol. The van der Waals surface area contributed by atoms with Crippen LogP contribution >= 0.6 is 11.6 Å². The summed E-state index contributed by atoms with van der Waals surface area (Å²) >= 11 is 6.03. The topological polar surface area (TPSA) is 33.2 Å². The van der Waals surface area contributed by atoms with Crippen LogP contribution in [0.2, 0.25) is 0 Å². The standard InChI is InChI=1S/C15H21ClN2O/c1-11-7-8-14(12(2)17-11)15(19)18-9-5-3-4-6-13(18)10-16/h7-8,13H,3-6,9-10H2,1-2H3. The van der Waals surface area contributed by atoms with Crippen LogP contribution in [0, 0.1) is 13.8 Å². The van der Waals surface area contributed by atoms with E-state index in [0.29, 0.717) is 11.4 Å². The Hall–Kier alpha value is -1.09. The number of alkyl halides is 1. The fraction of sp³-hybridized carbons (Fsp3) is 0.600. The van der Waals surface area contributed by atoms with Crippen LogP contribution < -0.4 is 0 Å². The number of pyridine rings is 1. The molecule has 3 nitrogen and oxygen atoms in total. The zero-order chi connectivity index (χ0) is 13.8. The minimum absolute atomic E-state index is 0.0811. The molecule has 1 saturated heterocycles. The predicted octanol–water partition coefficient (Wildman–Crippen LogP) is 3.32. The van der Waals surface area contributed by atoms with Crippen molar-refractivity contribution in [2.24, 2.45) is 0 Å². The van der Waals surface area contributed by atoms with Gasteiger partial charge in [0.2, 0.25) is 0 Å². The highest BCUT2D eigenvalue weighted by Crippen LogP contribution is 2.21. The van der Waals surface area contributed by atoms with Gasteiger partial charge in [0.1, 0.15) is 0 Å². The monoisotopic (exact) mass is 280 g/mol. The number of halogens is 1. The zero-order valence-electron chi connectivity index (χ0n) is 11.7. The summed E-state index contributed by atoms with van der Waals surface area (Å²) in [5.41, 5.74) is 2.46. The number of hydrogen-bond donors (Lipinski definition) is 0. The first-order valence-corrected chi connectivity index (χ1v) is 7.48. The number of nitrogens with zero attached hydrogens (tertiary/aromatic N) is 2. The van der Waals surface area contributed by atoms with E-state index in [2.05, 4.69) is 4.98 Å². The first-order valence-electron chi connectivity index (χ1n) is 6.94. The minimum atomic E-state index is 0.0811. The van der Waals surface area contributed by atoms with E-state index in [1.54, 1.807) is 0 Å². The molecule has 1 unspecified atom stereocenters. The maximum atomic E-state index is 12.7. The van der Waals surface area contributed by atoms with Crippen LogP contribution in [0.15, 0.2) is 12.1 Å². The zero-order valence-corrected chi connectivity index (χ0v) is 12.4. The molecule has 2 heterocycles. The SMILES string of the molecule is Cc1ccc(C(=O)N2CCCCCC2CCl)c(C)n1. The van der Waals surface area contributed by atoms with Gasteiger partial charge in [0, 0.05) is 24.2 Å². The van der Waals surface area contributed by atoms with Gasteiger partial charge in [0.15, 0.2) is 0 Å². The van der Waals surface area contributed by atoms with Crippen molar-refractivity contribution in [3.05, 3.63) is 29.1 Å². The third-order valence-electron chi connectivity index (χ3n) is 3.77. The molecule has 4 heteroatoms. The second-order valence-corrected chi connectivity index (χ2v) is 5.55. The third kappa shape index (κ3) is 3.27. The lowest BCUT2D eigenvalue weighted by Crippen LogP contribution is -2.41. The van der Waals surface area contributed by atoms with E-state index in [0.717, 1.165) is 37.2 Å². The first kappa shape index (κ1) is 14.3. The Balaban J connectivity index is 2.25. The Labute approximate surface area is 120 Å². The number of likely N-dealkylation sites (tertiary alicyclic amines) is 1. The molecule has 0 spiro atoms. The van der Waals surface area contributed by atoms with Crippen LogP contribution in [-0.4, -0.2) is 34.3 Å². The van der Waals surface area contributed by atoms with E-state index in [4.69, 9.17) is 11.6 Å². The molecule has 0 aliphatic carbocycles. The summed E-state index contributed by atoms with van der Waals surface area (Å²) in [4.78, 5) is 19.0. The quantitative estimate of drug-likeness (QED) is 0.779. The van der Waals surface area contributed by atoms with Crippen molar-refractivity contribution < 1.29 is 4.79 Å². The molecule has 0 aromatic carbocycles. The molecule has 0 saturated carbocycles. The molecule has 1 atom stereocenters. The summed E-state index contributed by atoms with van der Waals surface area (Å²) in [7, 11) is 0. The summed E-state index contributed by atoms with van der Waals surface area (Å²) in [5.74, 6) is 0.599. The molecule has 1 aliphatic heterocycles. The van der Waals surface area contributed by atoms with Crippen molar-refractivity contribution in [1.29, 1.82) is 0 Å². The molecule has 0 N–H and O–H groups in total. The van der Waals surface area contributed by atoms with Gasteiger partial charge in [-0.1, -0.05) is 12.8 Å². The number of amides is 1. The van der Waals surface area contributed by atoms with Crippen LogP contribution in [0.4, 0.5) is 0 Å². The van der Waals surface area contributed by atoms with Gasteiger partial charge in [-0.3, -0.25) is 9.78 Å². The van der Waals surface area contributed by atoms with Gasteiger partial charge in [0.05, 0.1) is 11.3 Å². The number of carbonyl (C=O) groups excluding carboxylic acids is 1. The number of rotatable bonds is 2. The number of aryl methyl sites for hydroxylation is 2. The molecule has 1 aromatic heterocycles. The first-order chi connectivity index (χ1) is 9.13. The summed E-state index contributed by atoms with van der Waals surface area (Å²) in [6, 6.07) is 3.95. The lowest BCUT2D eigenvalue weighted by atomic mass is 10.1.